The second-order valence-electron chi connectivity index (χ2n) is 12.4. The number of ether oxygens (including phenoxy) is 2. The van der Waals surface area contributed by atoms with Crippen LogP contribution in [0.15, 0.2) is 23.0 Å². The van der Waals surface area contributed by atoms with E-state index in [1.165, 1.54) is 6.92 Å². The summed E-state index contributed by atoms with van der Waals surface area (Å²) in [5, 5.41) is 7.02. The van der Waals surface area contributed by atoms with E-state index in [9.17, 15) is 31.9 Å². The minimum absolute atomic E-state index is 0.0209. The Morgan fingerprint density at radius 2 is 1.81 bits per heavy atom. The molecule has 2 amide bonds. The first-order valence-corrected chi connectivity index (χ1v) is 15.3. The molecule has 0 aliphatic carbocycles. The minimum Gasteiger partial charge on any atom is -0.444 e. The van der Waals surface area contributed by atoms with Gasteiger partial charge in [-0.1, -0.05) is 13.0 Å². The Hall–Kier alpha value is -4.47. The zero-order chi connectivity index (χ0) is 34.3. The Kier molecular flexibility index (Phi) is 9.35. The molecule has 0 atom stereocenters. The average molecular weight is 664 g/mol. The number of rotatable bonds is 6. The fourth-order valence-corrected chi connectivity index (χ4v) is 5.60. The number of hydrogen-bond acceptors (Lipinski definition) is 8. The highest BCUT2D eigenvalue weighted by atomic mass is 19.4. The van der Waals surface area contributed by atoms with Crippen LogP contribution in [0.5, 0.6) is 0 Å². The Morgan fingerprint density at radius 3 is 2.40 bits per heavy atom. The highest BCUT2D eigenvalue weighted by molar-refractivity contribution is 5.92. The van der Waals surface area contributed by atoms with Gasteiger partial charge in [-0.15, -0.1) is 5.10 Å². The van der Waals surface area contributed by atoms with Gasteiger partial charge in [0.15, 0.2) is 5.82 Å². The molecule has 1 aromatic carbocycles. The lowest BCUT2D eigenvalue weighted by molar-refractivity contribution is -0.140. The average Bonchev–Trinajstić information content (AvgIpc) is 3.45. The van der Waals surface area contributed by atoms with Gasteiger partial charge in [-0.05, 0) is 63.8 Å². The number of benzene rings is 1. The maximum atomic E-state index is 14.4. The third-order valence-electron chi connectivity index (χ3n) is 7.85. The lowest BCUT2D eigenvalue weighted by Gasteiger charge is -2.37. The second kappa shape index (κ2) is 13.0. The monoisotopic (exact) mass is 663 g/mol. The number of carbonyl (C=O) groups is 2. The van der Waals surface area contributed by atoms with Crippen LogP contribution >= 0.6 is 0 Å². The topological polar surface area (TPSA) is 123 Å². The van der Waals surface area contributed by atoms with E-state index in [1.807, 2.05) is 17.9 Å². The van der Waals surface area contributed by atoms with Crippen LogP contribution < -0.4 is 15.8 Å². The lowest BCUT2D eigenvalue weighted by Crippen LogP contribution is -2.51. The summed E-state index contributed by atoms with van der Waals surface area (Å²) >= 11 is 0. The van der Waals surface area contributed by atoms with Gasteiger partial charge in [0.05, 0.1) is 24.5 Å². The number of aryl methyl sites for hydroxylation is 1. The minimum atomic E-state index is -4.89. The van der Waals surface area contributed by atoms with Crippen molar-refractivity contribution in [2.45, 2.75) is 65.8 Å². The molecule has 5 rings (SSSR count). The highest BCUT2D eigenvalue weighted by Gasteiger charge is 2.35. The number of anilines is 2. The fraction of sp³-hybridized carbons (Fsp3) is 0.516. The number of fused-ring (bicyclic) bond motifs is 1. The van der Waals surface area contributed by atoms with Crippen molar-refractivity contribution in [3.8, 4) is 0 Å². The quantitative estimate of drug-likeness (QED) is 0.385. The summed E-state index contributed by atoms with van der Waals surface area (Å²) in [6.07, 6.45) is -2.72. The summed E-state index contributed by atoms with van der Waals surface area (Å²) in [6.45, 7) is 10.0. The molecule has 0 radical (unpaired) electrons. The van der Waals surface area contributed by atoms with E-state index in [2.05, 4.69) is 15.4 Å². The van der Waals surface area contributed by atoms with Crippen molar-refractivity contribution in [2.24, 2.45) is 0 Å². The third-order valence-corrected chi connectivity index (χ3v) is 7.85. The number of hydrogen-bond donors (Lipinski definition) is 1. The Bertz CT molecular complexity index is 1780. The second-order valence-corrected chi connectivity index (χ2v) is 12.4. The number of aromatic nitrogens is 4. The maximum absolute atomic E-state index is 14.4. The summed E-state index contributed by atoms with van der Waals surface area (Å²) in [5.41, 5.74) is -1.12. The molecule has 1 saturated heterocycles. The van der Waals surface area contributed by atoms with Crippen molar-refractivity contribution in [3.05, 3.63) is 57.0 Å². The molecule has 0 spiro atoms. The standard InChI is InChI=1S/C31H37F4N7O5/c1-6-23-25(39-9-11-40(12-10-39)29(45)47-30(3,4)5)27(44)42-28(37-26(38-42)19-7-13-46-14-8-19)41(23)17-24(43)36-22-16-21(32)20(15-18(22)2)31(33,34)35/h7,15-16H,6,8-14,17H2,1-5H3,(H,36,43). The van der Waals surface area contributed by atoms with E-state index >= 15 is 0 Å². The molecule has 0 unspecified atom stereocenters. The van der Waals surface area contributed by atoms with Crippen molar-refractivity contribution in [2.75, 3.05) is 49.6 Å². The Labute approximate surface area is 267 Å². The van der Waals surface area contributed by atoms with Crippen LogP contribution in [0.4, 0.5) is 33.7 Å². The van der Waals surface area contributed by atoms with Gasteiger partial charge in [0.1, 0.15) is 23.7 Å². The van der Waals surface area contributed by atoms with E-state index in [1.54, 1.807) is 30.2 Å². The summed E-state index contributed by atoms with van der Waals surface area (Å²) in [4.78, 5) is 48.2. The molecule has 16 heteroatoms. The van der Waals surface area contributed by atoms with E-state index in [4.69, 9.17) is 9.47 Å². The first-order chi connectivity index (χ1) is 22.1. The SMILES string of the molecule is CCc1c(N2CCN(C(=O)OC(C)(C)C)CC2)c(=O)n2nc(C3=CCOCC3)nc2n1CC(=O)Nc1cc(F)c(C(F)(F)F)cc1C. The number of amides is 2. The van der Waals surface area contributed by atoms with Crippen molar-refractivity contribution in [1.29, 1.82) is 0 Å². The van der Waals surface area contributed by atoms with E-state index in [0.717, 1.165) is 10.1 Å². The molecular weight excluding hydrogens is 626 g/mol. The van der Waals surface area contributed by atoms with Crippen LogP contribution in [-0.2, 0) is 33.4 Å². The Balaban J connectivity index is 1.52. The number of nitrogens with one attached hydrogen (secondary N) is 1. The van der Waals surface area contributed by atoms with Crippen molar-refractivity contribution in [1.82, 2.24) is 24.1 Å². The number of nitrogens with zero attached hydrogens (tertiary/aromatic N) is 6. The van der Waals surface area contributed by atoms with Gasteiger partial charge in [0.25, 0.3) is 5.56 Å². The smallest absolute Gasteiger partial charge is 0.419 e. The van der Waals surface area contributed by atoms with Crippen LogP contribution in [0.2, 0.25) is 0 Å². The summed E-state index contributed by atoms with van der Waals surface area (Å²) in [6, 6.07) is 1.28. The molecule has 2 aliphatic heterocycles. The number of alkyl halides is 3. The maximum Gasteiger partial charge on any atom is 0.419 e. The number of carbonyl (C=O) groups excluding carboxylic acids is 2. The Morgan fingerprint density at radius 1 is 1.11 bits per heavy atom. The van der Waals surface area contributed by atoms with E-state index in [0.29, 0.717) is 62.8 Å². The van der Waals surface area contributed by atoms with E-state index < -0.39 is 47.3 Å². The molecule has 12 nitrogen and oxygen atoms in total. The molecule has 1 fully saturated rings. The molecule has 1 N–H and O–H groups in total. The molecule has 2 aliphatic rings. The molecule has 0 bridgehead atoms. The first kappa shape index (κ1) is 33.9. The zero-order valence-corrected chi connectivity index (χ0v) is 26.8. The first-order valence-electron chi connectivity index (χ1n) is 15.3. The third kappa shape index (κ3) is 7.26. The van der Waals surface area contributed by atoms with Gasteiger partial charge in [-0.25, -0.2) is 9.18 Å². The van der Waals surface area contributed by atoms with Gasteiger partial charge in [0, 0.05) is 31.9 Å². The van der Waals surface area contributed by atoms with Crippen molar-refractivity contribution >= 4 is 34.7 Å². The van der Waals surface area contributed by atoms with Gasteiger partial charge in [0.2, 0.25) is 11.7 Å². The number of halogens is 4. The summed E-state index contributed by atoms with van der Waals surface area (Å²) in [5.74, 6) is -1.80. The van der Waals surface area contributed by atoms with Gasteiger partial charge in [-0.2, -0.15) is 22.7 Å². The summed E-state index contributed by atoms with van der Waals surface area (Å²) < 4.78 is 67.6. The van der Waals surface area contributed by atoms with Crippen molar-refractivity contribution in [3.63, 3.8) is 0 Å². The molecule has 3 aromatic rings. The normalized spacial score (nSPS) is 16.0. The van der Waals surface area contributed by atoms with Gasteiger partial charge in [-0.3, -0.25) is 9.59 Å². The predicted molar refractivity (Wildman–Crippen MR) is 165 cm³/mol. The predicted octanol–water partition coefficient (Wildman–Crippen LogP) is 4.42. The van der Waals surface area contributed by atoms with Crippen LogP contribution in [0.3, 0.4) is 0 Å². The zero-order valence-electron chi connectivity index (χ0n) is 26.8. The largest absolute Gasteiger partial charge is 0.444 e. The van der Waals surface area contributed by atoms with Crippen LogP contribution in [0, 0.1) is 12.7 Å². The van der Waals surface area contributed by atoms with E-state index in [-0.39, 0.29) is 35.8 Å². The van der Waals surface area contributed by atoms with Crippen LogP contribution in [-0.4, -0.2) is 81.1 Å². The van der Waals surface area contributed by atoms with Crippen LogP contribution in [0.1, 0.15) is 56.8 Å². The molecule has 2 aromatic heterocycles. The molecule has 0 saturated carbocycles. The lowest BCUT2D eigenvalue weighted by atomic mass is 10.1. The molecule has 254 valence electrons. The summed E-state index contributed by atoms with van der Waals surface area (Å²) in [7, 11) is 0. The van der Waals surface area contributed by atoms with Crippen LogP contribution in [0.25, 0.3) is 11.4 Å². The molecular formula is C31H37F4N7O5. The van der Waals surface area contributed by atoms with Gasteiger partial charge < -0.3 is 29.2 Å². The van der Waals surface area contributed by atoms with Gasteiger partial charge >= 0.3 is 12.3 Å². The fourth-order valence-electron chi connectivity index (χ4n) is 5.60. The molecule has 47 heavy (non-hydrogen) atoms. The van der Waals surface area contributed by atoms with Crippen molar-refractivity contribution < 1.29 is 36.6 Å². The molecule has 4 heterocycles. The number of piperazine rings is 1. The highest BCUT2D eigenvalue weighted by Crippen LogP contribution is 2.34.